The van der Waals surface area contributed by atoms with Gasteiger partial charge < -0.3 is 10.1 Å². The monoisotopic (exact) mass is 347 g/mol. The first-order chi connectivity index (χ1) is 12.9. The number of methoxy groups -OCH3 is 1. The van der Waals surface area contributed by atoms with Crippen LogP contribution in [0.15, 0.2) is 60.8 Å². The second-order valence-electron chi connectivity index (χ2n) is 6.75. The molecular formula is C22H25N3O. The van der Waals surface area contributed by atoms with E-state index in [0.717, 1.165) is 43.9 Å². The Labute approximate surface area is 154 Å². The van der Waals surface area contributed by atoms with Crippen LogP contribution < -0.4 is 10.1 Å². The third-order valence-electron chi connectivity index (χ3n) is 5.10. The van der Waals surface area contributed by atoms with Gasteiger partial charge in [0.2, 0.25) is 0 Å². The van der Waals surface area contributed by atoms with Crippen molar-refractivity contribution in [2.45, 2.75) is 12.5 Å². The number of ether oxygens (including phenoxy) is 1. The Bertz CT molecular complexity index is 872. The summed E-state index contributed by atoms with van der Waals surface area (Å²) >= 11 is 0. The summed E-state index contributed by atoms with van der Waals surface area (Å²) in [6.45, 7) is 4.15. The molecule has 3 aromatic rings. The second-order valence-corrected chi connectivity index (χ2v) is 6.75. The molecule has 0 radical (unpaired) electrons. The summed E-state index contributed by atoms with van der Waals surface area (Å²) in [6, 6.07) is 19.1. The highest BCUT2D eigenvalue weighted by molar-refractivity contribution is 5.79. The Hall–Kier alpha value is -2.43. The van der Waals surface area contributed by atoms with Gasteiger partial charge in [0.1, 0.15) is 5.75 Å². The summed E-state index contributed by atoms with van der Waals surface area (Å²) in [6.07, 6.45) is 3.17. The maximum atomic E-state index is 5.69. The Morgan fingerprint density at radius 2 is 1.88 bits per heavy atom. The van der Waals surface area contributed by atoms with Crippen molar-refractivity contribution in [3.8, 4) is 5.75 Å². The molecule has 0 aliphatic carbocycles. The van der Waals surface area contributed by atoms with Crippen molar-refractivity contribution < 1.29 is 4.74 Å². The predicted molar refractivity (Wildman–Crippen MR) is 106 cm³/mol. The summed E-state index contributed by atoms with van der Waals surface area (Å²) in [7, 11) is 1.75. The van der Waals surface area contributed by atoms with Gasteiger partial charge in [-0.1, -0.05) is 36.4 Å². The Morgan fingerprint density at radius 3 is 2.81 bits per heavy atom. The number of aromatic nitrogens is 1. The molecule has 0 saturated carbocycles. The smallest absolute Gasteiger partial charge is 0.123 e. The second kappa shape index (κ2) is 7.85. The molecule has 1 atom stereocenters. The fraction of sp³-hybridized carbons (Fsp3) is 0.318. The van der Waals surface area contributed by atoms with Crippen molar-refractivity contribution in [3.05, 3.63) is 71.9 Å². The van der Waals surface area contributed by atoms with Crippen LogP contribution in [0.25, 0.3) is 10.9 Å². The summed E-state index contributed by atoms with van der Waals surface area (Å²) in [5.74, 6) is 0.933. The van der Waals surface area contributed by atoms with Crippen molar-refractivity contribution in [2.24, 2.45) is 0 Å². The van der Waals surface area contributed by atoms with Crippen LogP contribution in [0.3, 0.4) is 0 Å². The summed E-state index contributed by atoms with van der Waals surface area (Å²) in [5, 5.41) is 4.68. The minimum absolute atomic E-state index is 0.142. The van der Waals surface area contributed by atoms with Crippen LogP contribution in [-0.4, -0.2) is 43.2 Å². The standard InChI is InChI=1S/C22H25N3O/c1-26-21-10-5-3-8-19(21)22(25-13-6-11-23-12-14-25)18-15-17-7-2-4-9-20(17)24-16-18/h2-5,7-10,15-16,22-23H,6,11-14H2,1H3. The van der Waals surface area contributed by atoms with Gasteiger partial charge in [-0.15, -0.1) is 0 Å². The normalized spacial score (nSPS) is 17.0. The first-order valence-corrected chi connectivity index (χ1v) is 9.29. The van der Waals surface area contributed by atoms with E-state index in [0.29, 0.717) is 0 Å². The van der Waals surface area contributed by atoms with E-state index in [1.165, 1.54) is 16.5 Å². The minimum Gasteiger partial charge on any atom is -0.496 e. The van der Waals surface area contributed by atoms with Crippen molar-refractivity contribution in [1.82, 2.24) is 15.2 Å². The Morgan fingerprint density at radius 1 is 1.04 bits per heavy atom. The van der Waals surface area contributed by atoms with Gasteiger partial charge in [0.15, 0.2) is 0 Å². The highest BCUT2D eigenvalue weighted by Gasteiger charge is 2.26. The molecule has 1 fully saturated rings. The fourth-order valence-corrected chi connectivity index (χ4v) is 3.84. The van der Waals surface area contributed by atoms with Crippen molar-refractivity contribution in [3.63, 3.8) is 0 Å². The maximum Gasteiger partial charge on any atom is 0.123 e. The van der Waals surface area contributed by atoms with Crippen molar-refractivity contribution >= 4 is 10.9 Å². The molecule has 1 aliphatic rings. The first-order valence-electron chi connectivity index (χ1n) is 9.29. The van der Waals surface area contributed by atoms with E-state index < -0.39 is 0 Å². The average molecular weight is 347 g/mol. The van der Waals surface area contributed by atoms with Crippen LogP contribution in [0.1, 0.15) is 23.6 Å². The molecule has 26 heavy (non-hydrogen) atoms. The van der Waals surface area contributed by atoms with Gasteiger partial charge in [-0.3, -0.25) is 9.88 Å². The van der Waals surface area contributed by atoms with E-state index in [2.05, 4.69) is 46.6 Å². The van der Waals surface area contributed by atoms with Gasteiger partial charge >= 0.3 is 0 Å². The lowest BCUT2D eigenvalue weighted by atomic mass is 9.96. The number of rotatable bonds is 4. The Balaban J connectivity index is 1.83. The lowest BCUT2D eigenvalue weighted by Gasteiger charge is -2.32. The number of nitrogens with one attached hydrogen (secondary N) is 1. The molecule has 0 spiro atoms. The lowest BCUT2D eigenvalue weighted by molar-refractivity contribution is 0.236. The number of fused-ring (bicyclic) bond motifs is 1. The molecule has 4 rings (SSSR count). The summed E-state index contributed by atoms with van der Waals surface area (Å²) < 4.78 is 5.69. The molecule has 0 amide bonds. The molecule has 0 bridgehead atoms. The molecular weight excluding hydrogens is 322 g/mol. The summed E-state index contributed by atoms with van der Waals surface area (Å²) in [4.78, 5) is 7.26. The van der Waals surface area contributed by atoms with Gasteiger partial charge in [0.25, 0.3) is 0 Å². The van der Waals surface area contributed by atoms with Crippen LogP contribution in [0.4, 0.5) is 0 Å². The Kier molecular flexibility index (Phi) is 5.14. The molecule has 1 aromatic heterocycles. The topological polar surface area (TPSA) is 37.4 Å². The zero-order chi connectivity index (χ0) is 17.8. The lowest BCUT2D eigenvalue weighted by Crippen LogP contribution is -2.33. The molecule has 2 aromatic carbocycles. The van der Waals surface area contributed by atoms with Gasteiger partial charge in [0, 0.05) is 36.8 Å². The number of pyridine rings is 1. The third-order valence-corrected chi connectivity index (χ3v) is 5.10. The molecule has 134 valence electrons. The molecule has 1 aliphatic heterocycles. The average Bonchev–Trinajstić information content (AvgIpc) is 2.98. The third kappa shape index (κ3) is 3.43. The first kappa shape index (κ1) is 17.0. The van der Waals surface area contributed by atoms with Crippen LogP contribution in [0, 0.1) is 0 Å². The summed E-state index contributed by atoms with van der Waals surface area (Å²) in [5.41, 5.74) is 3.46. The van der Waals surface area contributed by atoms with Gasteiger partial charge in [-0.2, -0.15) is 0 Å². The van der Waals surface area contributed by atoms with E-state index in [-0.39, 0.29) is 6.04 Å². The molecule has 1 unspecified atom stereocenters. The zero-order valence-corrected chi connectivity index (χ0v) is 15.2. The molecule has 4 heteroatoms. The molecule has 1 saturated heterocycles. The number of para-hydroxylation sites is 2. The van der Waals surface area contributed by atoms with Gasteiger partial charge in [-0.25, -0.2) is 0 Å². The maximum absolute atomic E-state index is 5.69. The quantitative estimate of drug-likeness (QED) is 0.782. The van der Waals surface area contributed by atoms with E-state index in [1.54, 1.807) is 7.11 Å². The van der Waals surface area contributed by atoms with Crippen molar-refractivity contribution in [2.75, 3.05) is 33.3 Å². The van der Waals surface area contributed by atoms with Crippen LogP contribution >= 0.6 is 0 Å². The predicted octanol–water partition coefficient (Wildman–Crippen LogP) is 3.63. The number of nitrogens with zero attached hydrogens (tertiary/aromatic N) is 2. The fourth-order valence-electron chi connectivity index (χ4n) is 3.84. The SMILES string of the molecule is COc1ccccc1C(c1cnc2ccccc2c1)N1CCCNCC1. The highest BCUT2D eigenvalue weighted by Crippen LogP contribution is 2.35. The van der Waals surface area contributed by atoms with Crippen LogP contribution in [0.5, 0.6) is 5.75 Å². The van der Waals surface area contributed by atoms with E-state index >= 15 is 0 Å². The van der Waals surface area contributed by atoms with E-state index in [4.69, 9.17) is 9.72 Å². The largest absolute Gasteiger partial charge is 0.496 e. The molecule has 1 N–H and O–H groups in total. The molecule has 2 heterocycles. The van der Waals surface area contributed by atoms with Crippen LogP contribution in [-0.2, 0) is 0 Å². The van der Waals surface area contributed by atoms with Gasteiger partial charge in [0.05, 0.1) is 18.7 Å². The van der Waals surface area contributed by atoms with Gasteiger partial charge in [-0.05, 0) is 36.7 Å². The highest BCUT2D eigenvalue weighted by atomic mass is 16.5. The van der Waals surface area contributed by atoms with E-state index in [1.807, 2.05) is 24.4 Å². The molecule has 4 nitrogen and oxygen atoms in total. The van der Waals surface area contributed by atoms with E-state index in [9.17, 15) is 0 Å². The minimum atomic E-state index is 0.142. The van der Waals surface area contributed by atoms with Crippen LogP contribution in [0.2, 0.25) is 0 Å². The van der Waals surface area contributed by atoms with Crippen molar-refractivity contribution in [1.29, 1.82) is 0 Å². The number of hydrogen-bond donors (Lipinski definition) is 1. The number of benzene rings is 2. The zero-order valence-electron chi connectivity index (χ0n) is 15.2. The number of hydrogen-bond acceptors (Lipinski definition) is 4.